The number of nitrogens with two attached hydrogens (primary N) is 1. The third kappa shape index (κ3) is 4.45. The summed E-state index contributed by atoms with van der Waals surface area (Å²) in [6, 6.07) is 13.1. The molecule has 186 valence electrons. The predicted molar refractivity (Wildman–Crippen MR) is 139 cm³/mol. The van der Waals surface area contributed by atoms with Gasteiger partial charge in [-0.3, -0.25) is 19.5 Å². The molecule has 0 saturated heterocycles. The highest BCUT2D eigenvalue weighted by Crippen LogP contribution is 2.40. The molecule has 36 heavy (non-hydrogen) atoms. The van der Waals surface area contributed by atoms with Crippen LogP contribution in [0.25, 0.3) is 0 Å². The van der Waals surface area contributed by atoms with Crippen LogP contribution < -0.4 is 25.4 Å². The number of amides is 2. The molecule has 2 aliphatic rings. The van der Waals surface area contributed by atoms with Crippen molar-refractivity contribution in [2.75, 3.05) is 23.9 Å². The number of carbonyl (C=O) groups is 2. The molecule has 1 aromatic heterocycles. The molecule has 3 heterocycles. The van der Waals surface area contributed by atoms with Crippen LogP contribution in [0.15, 0.2) is 53.7 Å². The zero-order valence-electron chi connectivity index (χ0n) is 20.4. The number of aromatic nitrogens is 1. The lowest BCUT2D eigenvalue weighted by atomic mass is 10.1. The van der Waals surface area contributed by atoms with Crippen LogP contribution in [-0.4, -0.2) is 42.4 Å². The van der Waals surface area contributed by atoms with E-state index >= 15 is 0 Å². The first-order valence-electron chi connectivity index (χ1n) is 11.9. The summed E-state index contributed by atoms with van der Waals surface area (Å²) in [5.41, 5.74) is 10.4. The molecule has 0 aliphatic carbocycles. The Bertz CT molecular complexity index is 1350. The van der Waals surface area contributed by atoms with Gasteiger partial charge in [0.25, 0.3) is 5.91 Å². The van der Waals surface area contributed by atoms with Gasteiger partial charge in [-0.1, -0.05) is 18.2 Å². The van der Waals surface area contributed by atoms with Crippen molar-refractivity contribution in [1.82, 2.24) is 4.57 Å². The van der Waals surface area contributed by atoms with Crippen LogP contribution in [0.4, 0.5) is 17.1 Å². The van der Waals surface area contributed by atoms with Crippen LogP contribution in [0.1, 0.15) is 34.5 Å². The largest absolute Gasteiger partial charge is 0.493 e. The third-order valence-corrected chi connectivity index (χ3v) is 6.54. The maximum absolute atomic E-state index is 13.5. The normalized spacial score (nSPS) is 15.7. The Morgan fingerprint density at radius 3 is 2.83 bits per heavy atom. The zero-order chi connectivity index (χ0) is 25.2. The highest BCUT2D eigenvalue weighted by molar-refractivity contribution is 6.14. The number of fused-ring (bicyclic) bond motifs is 4. The highest BCUT2D eigenvalue weighted by Gasteiger charge is 2.36. The van der Waals surface area contributed by atoms with E-state index in [1.165, 1.54) is 7.11 Å². The number of methoxy groups -OCH3 is 1. The number of anilines is 2. The monoisotopic (exact) mass is 487 g/mol. The van der Waals surface area contributed by atoms with Crippen LogP contribution in [0.2, 0.25) is 0 Å². The van der Waals surface area contributed by atoms with Gasteiger partial charge in [0.15, 0.2) is 11.5 Å². The van der Waals surface area contributed by atoms with E-state index < -0.39 is 0 Å². The van der Waals surface area contributed by atoms with E-state index in [0.717, 1.165) is 29.1 Å². The van der Waals surface area contributed by atoms with E-state index in [-0.39, 0.29) is 17.9 Å². The van der Waals surface area contributed by atoms with Gasteiger partial charge >= 0.3 is 0 Å². The summed E-state index contributed by atoms with van der Waals surface area (Å²) >= 11 is 0. The van der Waals surface area contributed by atoms with Gasteiger partial charge in [0.05, 0.1) is 36.7 Å². The molecule has 3 aromatic rings. The number of aryl methyl sites for hydroxylation is 1. The smallest absolute Gasteiger partial charge is 0.261 e. The van der Waals surface area contributed by atoms with E-state index in [0.29, 0.717) is 48.7 Å². The van der Waals surface area contributed by atoms with Gasteiger partial charge in [0, 0.05) is 56.3 Å². The predicted octanol–water partition coefficient (Wildman–Crippen LogP) is 3.58. The van der Waals surface area contributed by atoms with Crippen molar-refractivity contribution < 1.29 is 19.1 Å². The molecule has 1 atom stereocenters. The van der Waals surface area contributed by atoms with E-state index in [4.69, 9.17) is 15.2 Å². The number of benzene rings is 2. The second-order valence-electron chi connectivity index (χ2n) is 8.91. The lowest BCUT2D eigenvalue weighted by Crippen LogP contribution is -2.37. The molecule has 5 rings (SSSR count). The third-order valence-electron chi connectivity index (χ3n) is 6.54. The Kier molecular flexibility index (Phi) is 6.47. The SMILES string of the molecule is COc1cc2c(cc1OCCCC(=O)Nc1cc(CN)n(C)c1)N=CC1Cc3ccccc3N1C2=O. The quantitative estimate of drug-likeness (QED) is 0.472. The minimum atomic E-state index is -0.123. The van der Waals surface area contributed by atoms with Gasteiger partial charge in [0.1, 0.15) is 0 Å². The summed E-state index contributed by atoms with van der Waals surface area (Å²) in [6.07, 6.45) is 5.20. The first kappa shape index (κ1) is 23.6. The van der Waals surface area contributed by atoms with Crippen LogP contribution in [0.5, 0.6) is 11.5 Å². The summed E-state index contributed by atoms with van der Waals surface area (Å²) in [5.74, 6) is 0.724. The standard InChI is InChI=1S/C27H29N5O4/c1-31-16-18(11-19(31)14-28)30-26(33)8-5-9-36-25-13-22-21(12-24(25)35-2)27(34)32-20(15-29-22)10-17-6-3-4-7-23(17)32/h3-4,6-7,11-13,15-16,20H,5,8-10,14,28H2,1-2H3,(H,30,33). The topological polar surface area (TPSA) is 111 Å². The number of carbonyl (C=O) groups excluding carboxylic acids is 2. The molecule has 2 amide bonds. The minimum Gasteiger partial charge on any atom is -0.493 e. The first-order valence-corrected chi connectivity index (χ1v) is 11.9. The van der Waals surface area contributed by atoms with E-state index in [1.54, 1.807) is 17.0 Å². The molecule has 0 fully saturated rings. The van der Waals surface area contributed by atoms with Crippen molar-refractivity contribution in [3.05, 3.63) is 65.5 Å². The average Bonchev–Trinajstić information content (AvgIpc) is 3.39. The number of para-hydroxylation sites is 1. The van der Waals surface area contributed by atoms with Crippen molar-refractivity contribution in [3.8, 4) is 11.5 Å². The lowest BCUT2D eigenvalue weighted by molar-refractivity contribution is -0.116. The van der Waals surface area contributed by atoms with Crippen LogP contribution in [0.3, 0.4) is 0 Å². The Morgan fingerprint density at radius 1 is 1.22 bits per heavy atom. The van der Waals surface area contributed by atoms with Gasteiger partial charge in [0.2, 0.25) is 5.91 Å². The molecular formula is C27H29N5O4. The minimum absolute atomic E-state index is 0.0993. The van der Waals surface area contributed by atoms with Gasteiger partial charge < -0.3 is 25.1 Å². The number of nitrogens with zero attached hydrogens (tertiary/aromatic N) is 3. The Hall–Kier alpha value is -4.11. The van der Waals surface area contributed by atoms with Gasteiger partial charge in [-0.05, 0) is 30.2 Å². The maximum atomic E-state index is 13.5. The molecule has 9 heteroatoms. The van der Waals surface area contributed by atoms with Crippen molar-refractivity contribution >= 4 is 35.1 Å². The van der Waals surface area contributed by atoms with E-state index in [1.807, 2.05) is 54.4 Å². The van der Waals surface area contributed by atoms with Crippen LogP contribution in [0, 0.1) is 0 Å². The molecule has 9 nitrogen and oxygen atoms in total. The van der Waals surface area contributed by atoms with Crippen molar-refractivity contribution in [2.24, 2.45) is 17.8 Å². The fourth-order valence-corrected chi connectivity index (χ4v) is 4.71. The molecule has 0 spiro atoms. The summed E-state index contributed by atoms with van der Waals surface area (Å²) in [6.45, 7) is 0.718. The van der Waals surface area contributed by atoms with Crippen LogP contribution in [-0.2, 0) is 24.8 Å². The fraction of sp³-hybridized carbons (Fsp3) is 0.296. The van der Waals surface area contributed by atoms with Gasteiger partial charge in [-0.2, -0.15) is 0 Å². The molecule has 2 aliphatic heterocycles. The molecule has 2 aromatic carbocycles. The molecule has 0 radical (unpaired) electrons. The summed E-state index contributed by atoms with van der Waals surface area (Å²) in [4.78, 5) is 32.2. The zero-order valence-corrected chi connectivity index (χ0v) is 20.4. The van der Waals surface area contributed by atoms with Crippen molar-refractivity contribution in [1.29, 1.82) is 0 Å². The summed E-state index contributed by atoms with van der Waals surface area (Å²) in [5, 5.41) is 2.88. The Morgan fingerprint density at radius 2 is 2.06 bits per heavy atom. The molecule has 3 N–H and O–H groups in total. The number of aliphatic imine (C=N–C) groups is 1. The highest BCUT2D eigenvalue weighted by atomic mass is 16.5. The second-order valence-corrected chi connectivity index (χ2v) is 8.91. The Labute approximate surface area is 209 Å². The van der Waals surface area contributed by atoms with Crippen molar-refractivity contribution in [2.45, 2.75) is 31.8 Å². The molecular weight excluding hydrogens is 458 g/mol. The Balaban J connectivity index is 1.24. The van der Waals surface area contributed by atoms with Crippen molar-refractivity contribution in [3.63, 3.8) is 0 Å². The van der Waals surface area contributed by atoms with Gasteiger partial charge in [-0.25, -0.2) is 0 Å². The average molecular weight is 488 g/mol. The number of hydrogen-bond acceptors (Lipinski definition) is 6. The molecule has 0 bridgehead atoms. The maximum Gasteiger partial charge on any atom is 0.261 e. The summed E-state index contributed by atoms with van der Waals surface area (Å²) in [7, 11) is 3.43. The molecule has 0 saturated carbocycles. The van der Waals surface area contributed by atoms with Crippen LogP contribution >= 0.6 is 0 Å². The number of rotatable bonds is 8. The second kappa shape index (κ2) is 9.87. The number of hydrogen-bond donors (Lipinski definition) is 2. The van der Waals surface area contributed by atoms with E-state index in [9.17, 15) is 9.59 Å². The number of nitrogens with one attached hydrogen (secondary N) is 1. The molecule has 1 unspecified atom stereocenters. The number of ether oxygens (including phenoxy) is 2. The fourth-order valence-electron chi connectivity index (χ4n) is 4.71. The summed E-state index contributed by atoms with van der Waals surface area (Å²) < 4.78 is 13.3. The first-order chi connectivity index (χ1) is 17.5. The van der Waals surface area contributed by atoms with E-state index in [2.05, 4.69) is 10.3 Å². The van der Waals surface area contributed by atoms with Gasteiger partial charge in [-0.15, -0.1) is 0 Å². The lowest BCUT2D eigenvalue weighted by Gasteiger charge is -2.22.